The number of nitrogens with zero attached hydrogens (tertiary/aromatic N) is 1. The number of nitrogens with one attached hydrogen (secondary N) is 1. The Labute approximate surface area is 106 Å². The maximum absolute atomic E-state index is 5.43. The van der Waals surface area contributed by atoms with Crippen LogP contribution >= 0.6 is 0 Å². The van der Waals surface area contributed by atoms with Crippen molar-refractivity contribution in [1.29, 1.82) is 0 Å². The Morgan fingerprint density at radius 1 is 1.24 bits per heavy atom. The van der Waals surface area contributed by atoms with Gasteiger partial charge in [-0.15, -0.1) is 0 Å². The number of rotatable bonds is 9. The average Bonchev–Trinajstić information content (AvgIpc) is 2.38. The van der Waals surface area contributed by atoms with Gasteiger partial charge in [0, 0.05) is 27.3 Å². The zero-order chi connectivity index (χ0) is 12.3. The number of likely N-dealkylation sites (tertiary alicyclic amines) is 1. The number of hydrogen-bond acceptors (Lipinski definition) is 4. The lowest BCUT2D eigenvalue weighted by Crippen LogP contribution is -2.39. The summed E-state index contributed by atoms with van der Waals surface area (Å²) >= 11 is 0. The summed E-state index contributed by atoms with van der Waals surface area (Å²) in [6.07, 6.45) is 5.49. The summed E-state index contributed by atoms with van der Waals surface area (Å²) in [4.78, 5) is 2.53. The van der Waals surface area contributed by atoms with Gasteiger partial charge in [-0.25, -0.2) is 0 Å². The molecule has 0 saturated carbocycles. The Bertz CT molecular complexity index is 179. The third-order valence-corrected chi connectivity index (χ3v) is 3.36. The van der Waals surface area contributed by atoms with Gasteiger partial charge in [0.25, 0.3) is 0 Å². The second-order valence-corrected chi connectivity index (χ2v) is 4.75. The van der Waals surface area contributed by atoms with Crippen molar-refractivity contribution in [3.05, 3.63) is 0 Å². The highest BCUT2D eigenvalue weighted by molar-refractivity contribution is 4.72. The molecule has 102 valence electrons. The normalized spacial score (nSPS) is 21.9. The Morgan fingerprint density at radius 3 is 2.88 bits per heavy atom. The summed E-state index contributed by atoms with van der Waals surface area (Å²) in [5.41, 5.74) is 0. The maximum atomic E-state index is 5.43. The van der Waals surface area contributed by atoms with Crippen LogP contribution in [0.25, 0.3) is 0 Å². The molecule has 0 aromatic rings. The molecule has 1 fully saturated rings. The van der Waals surface area contributed by atoms with Crippen LogP contribution in [-0.4, -0.2) is 64.6 Å². The SMILES string of the molecule is COCCNCCCCN1CCCC(OC)C1. The maximum Gasteiger partial charge on any atom is 0.0698 e. The van der Waals surface area contributed by atoms with Gasteiger partial charge in [-0.05, 0) is 45.3 Å². The van der Waals surface area contributed by atoms with E-state index in [0.29, 0.717) is 6.10 Å². The first kappa shape index (κ1) is 14.9. The Balaban J connectivity index is 1.91. The lowest BCUT2D eigenvalue weighted by Gasteiger charge is -2.31. The van der Waals surface area contributed by atoms with Gasteiger partial charge < -0.3 is 19.7 Å². The topological polar surface area (TPSA) is 33.7 Å². The van der Waals surface area contributed by atoms with Crippen LogP contribution in [-0.2, 0) is 9.47 Å². The molecule has 4 heteroatoms. The van der Waals surface area contributed by atoms with Crippen LogP contribution in [0.4, 0.5) is 0 Å². The zero-order valence-electron chi connectivity index (χ0n) is 11.4. The Hall–Kier alpha value is -0.160. The quantitative estimate of drug-likeness (QED) is 0.616. The number of ether oxygens (including phenoxy) is 2. The van der Waals surface area contributed by atoms with Gasteiger partial charge in [-0.2, -0.15) is 0 Å². The molecule has 0 radical (unpaired) electrons. The van der Waals surface area contributed by atoms with Gasteiger partial charge >= 0.3 is 0 Å². The smallest absolute Gasteiger partial charge is 0.0698 e. The molecule has 0 aliphatic carbocycles. The minimum absolute atomic E-state index is 0.462. The second-order valence-electron chi connectivity index (χ2n) is 4.75. The van der Waals surface area contributed by atoms with Crippen LogP contribution in [0.5, 0.6) is 0 Å². The van der Waals surface area contributed by atoms with Crippen LogP contribution in [0.3, 0.4) is 0 Å². The van der Waals surface area contributed by atoms with Crippen molar-refractivity contribution in [3.63, 3.8) is 0 Å². The third kappa shape index (κ3) is 6.99. The molecule has 1 aliphatic rings. The van der Waals surface area contributed by atoms with Gasteiger partial charge in [-0.1, -0.05) is 0 Å². The summed E-state index contributed by atoms with van der Waals surface area (Å²) in [5.74, 6) is 0. The summed E-state index contributed by atoms with van der Waals surface area (Å²) < 4.78 is 10.4. The number of hydrogen-bond donors (Lipinski definition) is 1. The van der Waals surface area contributed by atoms with Crippen LogP contribution < -0.4 is 5.32 Å². The second kappa shape index (κ2) is 9.83. The van der Waals surface area contributed by atoms with E-state index in [1.165, 1.54) is 38.8 Å². The highest BCUT2D eigenvalue weighted by Gasteiger charge is 2.18. The van der Waals surface area contributed by atoms with Gasteiger partial charge in [0.2, 0.25) is 0 Å². The molecule has 1 heterocycles. The van der Waals surface area contributed by atoms with E-state index in [0.717, 1.165) is 26.2 Å². The van der Waals surface area contributed by atoms with Crippen LogP contribution in [0, 0.1) is 0 Å². The molecule has 1 unspecified atom stereocenters. The van der Waals surface area contributed by atoms with Gasteiger partial charge in [0.1, 0.15) is 0 Å². The molecule has 1 aliphatic heterocycles. The van der Waals surface area contributed by atoms with Crippen molar-refractivity contribution < 1.29 is 9.47 Å². The predicted molar refractivity (Wildman–Crippen MR) is 70.5 cm³/mol. The van der Waals surface area contributed by atoms with Gasteiger partial charge in [-0.3, -0.25) is 0 Å². The first-order chi connectivity index (χ1) is 8.36. The van der Waals surface area contributed by atoms with Gasteiger partial charge in [0.15, 0.2) is 0 Å². The first-order valence-corrected chi connectivity index (χ1v) is 6.81. The average molecular weight is 244 g/mol. The van der Waals surface area contributed by atoms with Crippen molar-refractivity contribution in [2.24, 2.45) is 0 Å². The Morgan fingerprint density at radius 2 is 2.12 bits per heavy atom. The minimum Gasteiger partial charge on any atom is -0.383 e. The van der Waals surface area contributed by atoms with E-state index >= 15 is 0 Å². The molecule has 1 N–H and O–H groups in total. The largest absolute Gasteiger partial charge is 0.383 e. The lowest BCUT2D eigenvalue weighted by molar-refractivity contribution is 0.0309. The fourth-order valence-corrected chi connectivity index (χ4v) is 2.29. The van der Waals surface area contributed by atoms with Crippen molar-refractivity contribution in [2.45, 2.75) is 31.8 Å². The molecule has 1 rings (SSSR count). The molecule has 0 amide bonds. The molecule has 0 aromatic carbocycles. The highest BCUT2D eigenvalue weighted by Crippen LogP contribution is 2.12. The molecule has 0 aromatic heterocycles. The van der Waals surface area contributed by atoms with Gasteiger partial charge in [0.05, 0.1) is 12.7 Å². The first-order valence-electron chi connectivity index (χ1n) is 6.81. The Kier molecular flexibility index (Phi) is 8.61. The highest BCUT2D eigenvalue weighted by atomic mass is 16.5. The van der Waals surface area contributed by atoms with Crippen molar-refractivity contribution in [1.82, 2.24) is 10.2 Å². The van der Waals surface area contributed by atoms with Crippen molar-refractivity contribution in [3.8, 4) is 0 Å². The van der Waals surface area contributed by atoms with Crippen LogP contribution in [0.1, 0.15) is 25.7 Å². The van der Waals surface area contributed by atoms with E-state index in [2.05, 4.69) is 10.2 Å². The van der Waals surface area contributed by atoms with E-state index in [4.69, 9.17) is 9.47 Å². The summed E-state index contributed by atoms with van der Waals surface area (Å²) in [6, 6.07) is 0. The number of methoxy groups -OCH3 is 2. The van der Waals surface area contributed by atoms with E-state index < -0.39 is 0 Å². The fourth-order valence-electron chi connectivity index (χ4n) is 2.29. The van der Waals surface area contributed by atoms with E-state index in [1.54, 1.807) is 7.11 Å². The molecule has 0 bridgehead atoms. The van der Waals surface area contributed by atoms with Crippen LogP contribution in [0.15, 0.2) is 0 Å². The van der Waals surface area contributed by atoms with Crippen LogP contribution in [0.2, 0.25) is 0 Å². The molecular weight excluding hydrogens is 216 g/mol. The fraction of sp³-hybridized carbons (Fsp3) is 1.00. The molecule has 1 atom stereocenters. The molecular formula is C13H28N2O2. The predicted octanol–water partition coefficient (Wildman–Crippen LogP) is 1.11. The number of unbranched alkanes of at least 4 members (excludes halogenated alkanes) is 1. The van der Waals surface area contributed by atoms with Crippen molar-refractivity contribution >= 4 is 0 Å². The summed E-state index contributed by atoms with van der Waals surface area (Å²) in [6.45, 7) is 6.45. The molecule has 1 saturated heterocycles. The lowest BCUT2D eigenvalue weighted by atomic mass is 10.1. The monoisotopic (exact) mass is 244 g/mol. The summed E-state index contributed by atoms with van der Waals surface area (Å²) in [5, 5.41) is 3.38. The standard InChI is InChI=1S/C13H28N2O2/c1-16-11-8-14-7-3-4-9-15-10-5-6-13(12-15)17-2/h13-14H,3-12H2,1-2H3. The third-order valence-electron chi connectivity index (χ3n) is 3.36. The van der Waals surface area contributed by atoms with E-state index in [-0.39, 0.29) is 0 Å². The van der Waals surface area contributed by atoms with E-state index in [9.17, 15) is 0 Å². The molecule has 0 spiro atoms. The molecule has 4 nitrogen and oxygen atoms in total. The van der Waals surface area contributed by atoms with Crippen molar-refractivity contribution in [2.75, 3.05) is 53.6 Å². The number of piperidine rings is 1. The molecule has 17 heavy (non-hydrogen) atoms. The minimum atomic E-state index is 0.462. The van der Waals surface area contributed by atoms with E-state index in [1.807, 2.05) is 7.11 Å². The summed E-state index contributed by atoms with van der Waals surface area (Å²) in [7, 11) is 3.57. The zero-order valence-corrected chi connectivity index (χ0v) is 11.4.